The summed E-state index contributed by atoms with van der Waals surface area (Å²) < 4.78 is 7.10. The Bertz CT molecular complexity index is 870. The molecule has 1 aliphatic heterocycles. The van der Waals surface area contributed by atoms with Gasteiger partial charge in [-0.15, -0.1) is 0 Å². The van der Waals surface area contributed by atoms with Gasteiger partial charge in [-0.05, 0) is 0 Å². The summed E-state index contributed by atoms with van der Waals surface area (Å²) in [5.74, 6) is -0.258. The van der Waals surface area contributed by atoms with Gasteiger partial charge in [-0.25, -0.2) is 0 Å². The van der Waals surface area contributed by atoms with E-state index in [-0.39, 0.29) is 29.0 Å². The fourth-order valence-corrected chi connectivity index (χ4v) is 5.59. The predicted molar refractivity (Wildman–Crippen MR) is 129 cm³/mol. The molecule has 1 radical (unpaired) electrons. The van der Waals surface area contributed by atoms with Gasteiger partial charge >= 0.3 is 196 Å². The number of amidine groups is 1. The Kier molecular flexibility index (Phi) is 8.01. The number of likely N-dealkylation sites (tertiary alicyclic amines) is 1. The molecule has 0 spiro atoms. The van der Waals surface area contributed by atoms with Gasteiger partial charge in [-0.2, -0.15) is 0 Å². The molecule has 1 amide bonds. The molecule has 0 saturated carbocycles. The number of benzene rings is 1. The zero-order valence-electron chi connectivity index (χ0n) is 19.0. The van der Waals surface area contributed by atoms with Crippen LogP contribution in [0.5, 0.6) is 0 Å². The van der Waals surface area contributed by atoms with E-state index in [2.05, 4.69) is 74.1 Å². The number of nitrogens with zero attached hydrogens (tertiary/aromatic N) is 2. The van der Waals surface area contributed by atoms with Crippen LogP contribution in [0.4, 0.5) is 5.69 Å². The minimum absolute atomic E-state index is 0.0128. The molecule has 1 aromatic carbocycles. The van der Waals surface area contributed by atoms with Gasteiger partial charge in [0.05, 0.1) is 0 Å². The summed E-state index contributed by atoms with van der Waals surface area (Å²) in [6, 6.07) is 7.05. The Morgan fingerprint density at radius 1 is 1.37 bits per heavy atom. The summed E-state index contributed by atoms with van der Waals surface area (Å²) in [5, 5.41) is 0.721. The van der Waals surface area contributed by atoms with E-state index < -0.39 is 8.32 Å². The monoisotopic (exact) mass is 511 g/mol. The van der Waals surface area contributed by atoms with Crippen LogP contribution in [0.25, 0.3) is 0 Å². The molecule has 0 aromatic heterocycles. The molecule has 1 fully saturated rings. The second-order valence-corrected chi connectivity index (χ2v) is 15.1. The van der Waals surface area contributed by atoms with Crippen molar-refractivity contribution < 1.29 is 9.22 Å². The molecule has 30 heavy (non-hydrogen) atoms. The van der Waals surface area contributed by atoms with Crippen LogP contribution in [0.2, 0.25) is 23.2 Å². The van der Waals surface area contributed by atoms with Crippen LogP contribution in [0, 0.1) is 5.92 Å². The normalized spacial score (nSPS) is 21.1. The molecule has 3 atom stereocenters. The zero-order valence-corrected chi connectivity index (χ0v) is 22.4. The van der Waals surface area contributed by atoms with Crippen LogP contribution >= 0.6 is 11.6 Å². The topological polar surface area (TPSA) is 41.9 Å². The summed E-state index contributed by atoms with van der Waals surface area (Å²) in [7, 11) is -2.01. The van der Waals surface area contributed by atoms with E-state index in [1.54, 1.807) is 17.0 Å². The second-order valence-electron chi connectivity index (χ2n) is 9.19. The van der Waals surface area contributed by atoms with Gasteiger partial charge in [0, 0.05) is 0 Å². The van der Waals surface area contributed by atoms with E-state index in [1.165, 1.54) is 0 Å². The SMILES string of the molecule is C=C=C(CC)[C@@H]1[C@@H]([C@@H](C)O[Si](C)(C)C(C)(C)C)C(=O)N1C([Se])=Nc1ccc(Cl)cc1. The molecular weight excluding hydrogens is 479 g/mol. The number of hydrogen-bond donors (Lipinski definition) is 0. The fraction of sp³-hybridized carbons (Fsp3) is 0.522. The molecule has 1 aliphatic rings. The number of hydrogen-bond acceptors (Lipinski definition) is 3. The Morgan fingerprint density at radius 2 is 1.93 bits per heavy atom. The Balaban J connectivity index is 2.34. The summed E-state index contributed by atoms with van der Waals surface area (Å²) in [6.45, 7) is 19.0. The second kappa shape index (κ2) is 9.56. The van der Waals surface area contributed by atoms with Crippen molar-refractivity contribution in [2.75, 3.05) is 0 Å². The van der Waals surface area contributed by atoms with Crippen LogP contribution in [-0.4, -0.2) is 52.0 Å². The molecule has 0 aliphatic carbocycles. The molecule has 0 N–H and O–H groups in total. The maximum absolute atomic E-state index is 13.2. The number of carbonyl (C=O) groups excluding carboxylic acids is 1. The molecule has 1 aromatic rings. The number of amides is 1. The summed E-state index contributed by atoms with van der Waals surface area (Å²) in [6.07, 6.45) is 0.563. The van der Waals surface area contributed by atoms with Crippen molar-refractivity contribution in [1.29, 1.82) is 0 Å². The number of halogens is 1. The Labute approximate surface area is 195 Å². The first-order chi connectivity index (χ1) is 13.8. The summed E-state index contributed by atoms with van der Waals surface area (Å²) in [5.41, 5.74) is 4.77. The van der Waals surface area contributed by atoms with Gasteiger partial charge in [-0.1, -0.05) is 0 Å². The van der Waals surface area contributed by atoms with E-state index in [0.29, 0.717) is 9.76 Å². The van der Waals surface area contributed by atoms with Crippen LogP contribution in [0.1, 0.15) is 41.0 Å². The van der Waals surface area contributed by atoms with E-state index in [9.17, 15) is 4.79 Å². The fourth-order valence-electron chi connectivity index (χ4n) is 3.39. The average molecular weight is 511 g/mol. The number of aliphatic imine (C=N–C) groups is 1. The molecule has 1 heterocycles. The van der Waals surface area contributed by atoms with Crippen LogP contribution in [0.3, 0.4) is 0 Å². The maximum atomic E-state index is 13.2. The third kappa shape index (κ3) is 5.19. The number of rotatable bonds is 6. The Hall–Kier alpha value is -1.13. The van der Waals surface area contributed by atoms with E-state index >= 15 is 0 Å². The van der Waals surface area contributed by atoms with Crippen molar-refractivity contribution in [2.45, 2.75) is 71.3 Å². The molecule has 0 unspecified atom stereocenters. The minimum atomic E-state index is -2.01. The van der Waals surface area contributed by atoms with Gasteiger partial charge in [0.15, 0.2) is 0 Å². The first kappa shape index (κ1) is 25.1. The molecule has 2 rings (SSSR count). The molecule has 7 heteroatoms. The quantitative estimate of drug-likeness (QED) is 0.158. The summed E-state index contributed by atoms with van der Waals surface area (Å²) >= 11 is 8.93. The third-order valence-corrected chi connectivity index (χ3v) is 11.6. The average Bonchev–Trinajstić information content (AvgIpc) is 2.62. The molecule has 1 saturated heterocycles. The molecule has 4 nitrogen and oxygen atoms in total. The van der Waals surface area contributed by atoms with Gasteiger partial charge in [-0.3, -0.25) is 0 Å². The van der Waals surface area contributed by atoms with Crippen LogP contribution in [0.15, 0.2) is 47.1 Å². The first-order valence-electron chi connectivity index (χ1n) is 10.2. The van der Waals surface area contributed by atoms with Gasteiger partial charge < -0.3 is 0 Å². The van der Waals surface area contributed by atoms with Crippen LogP contribution in [-0.2, 0) is 9.22 Å². The van der Waals surface area contributed by atoms with Crippen LogP contribution < -0.4 is 0 Å². The standard InChI is InChI=1S/C23H32ClN2O2SeSi/c1-9-16(10-2)20-19(15(3)28-30(7,8)23(4,5)6)21(27)26(20)22(29)25-18-13-11-17(24)12-14-18/h11-15,19-20H,1,10H2,2-8H3/t15-,19-,20-/m1/s1. The van der Waals surface area contributed by atoms with E-state index in [0.717, 1.165) is 17.7 Å². The van der Waals surface area contributed by atoms with Crippen molar-refractivity contribution in [3.05, 3.63) is 47.2 Å². The van der Waals surface area contributed by atoms with E-state index in [4.69, 9.17) is 16.0 Å². The van der Waals surface area contributed by atoms with E-state index in [1.807, 2.05) is 19.1 Å². The predicted octanol–water partition coefficient (Wildman–Crippen LogP) is 5.85. The van der Waals surface area contributed by atoms with Crippen molar-refractivity contribution in [3.8, 4) is 0 Å². The third-order valence-electron chi connectivity index (χ3n) is 6.16. The Morgan fingerprint density at radius 3 is 2.40 bits per heavy atom. The molecule has 163 valence electrons. The summed E-state index contributed by atoms with van der Waals surface area (Å²) in [4.78, 5) is 19.6. The van der Waals surface area contributed by atoms with Crippen molar-refractivity contribution >= 4 is 52.3 Å². The van der Waals surface area contributed by atoms with Crippen molar-refractivity contribution in [3.63, 3.8) is 0 Å². The van der Waals surface area contributed by atoms with Crippen molar-refractivity contribution in [1.82, 2.24) is 4.90 Å². The van der Waals surface area contributed by atoms with Gasteiger partial charge in [0.1, 0.15) is 0 Å². The van der Waals surface area contributed by atoms with Gasteiger partial charge in [0.25, 0.3) is 0 Å². The van der Waals surface area contributed by atoms with Crippen molar-refractivity contribution in [2.24, 2.45) is 10.9 Å². The number of carbonyl (C=O) groups is 1. The molecule has 0 bridgehead atoms. The van der Waals surface area contributed by atoms with Gasteiger partial charge in [0.2, 0.25) is 0 Å². The molecular formula is C23H32ClN2O2SeSi. The first-order valence-corrected chi connectivity index (χ1v) is 14.4. The number of β-lactam (4-membered cyclic amide) rings is 1. The zero-order chi connectivity index (χ0) is 22.9.